The van der Waals surface area contributed by atoms with E-state index >= 15 is 0 Å². The average Bonchev–Trinajstić information content (AvgIpc) is 1.96. The second-order valence-corrected chi connectivity index (χ2v) is 3.16. The molecule has 1 aliphatic carbocycles. The van der Waals surface area contributed by atoms with Crippen LogP contribution in [0.3, 0.4) is 0 Å². The molecule has 0 bridgehead atoms. The highest BCUT2D eigenvalue weighted by Gasteiger charge is 2.32. The van der Waals surface area contributed by atoms with Gasteiger partial charge in [-0.15, -0.1) is 0 Å². The highest BCUT2D eigenvalue weighted by molar-refractivity contribution is 5.76. The lowest BCUT2D eigenvalue weighted by molar-refractivity contribution is -0.139. The second kappa shape index (κ2) is 3.19. The largest absolute Gasteiger partial charge is 0.365 e. The Bertz CT molecular complexity index is 155. The summed E-state index contributed by atoms with van der Waals surface area (Å²) in [4.78, 5) is 10.6. The molecule has 0 heterocycles. The Hall–Kier alpha value is -0.610. The predicted molar refractivity (Wildman–Crippen MR) is 40.5 cm³/mol. The molecule has 4 nitrogen and oxygen atoms in total. The summed E-state index contributed by atoms with van der Waals surface area (Å²) >= 11 is 0. The van der Waals surface area contributed by atoms with Gasteiger partial charge in [-0.25, -0.2) is 5.84 Å². The molecule has 1 saturated carbocycles. The first-order valence-corrected chi connectivity index (χ1v) is 3.80. The van der Waals surface area contributed by atoms with Crippen LogP contribution >= 0.6 is 0 Å². The molecule has 0 aromatic carbocycles. The molecule has 0 spiro atoms. The molecule has 3 N–H and O–H groups in total. The fraction of sp³-hybridized carbons (Fsp3) is 0.857. The lowest BCUT2D eigenvalue weighted by Gasteiger charge is -2.37. The van der Waals surface area contributed by atoms with Gasteiger partial charge in [-0.3, -0.25) is 10.2 Å². The fourth-order valence-corrected chi connectivity index (χ4v) is 1.10. The zero-order valence-corrected chi connectivity index (χ0v) is 6.72. The van der Waals surface area contributed by atoms with Crippen LogP contribution in [0.25, 0.3) is 0 Å². The van der Waals surface area contributed by atoms with Gasteiger partial charge in [0.15, 0.2) is 0 Å². The Morgan fingerprint density at radius 3 is 2.73 bits per heavy atom. The molecule has 64 valence electrons. The normalized spacial score (nSPS) is 20.5. The summed E-state index contributed by atoms with van der Waals surface area (Å²) in [6.45, 7) is 2.09. The van der Waals surface area contributed by atoms with Gasteiger partial charge in [-0.1, -0.05) is 0 Å². The highest BCUT2D eigenvalue weighted by atomic mass is 16.5. The number of rotatable bonds is 3. The Labute approximate surface area is 66.1 Å². The van der Waals surface area contributed by atoms with Crippen molar-refractivity contribution in [1.29, 1.82) is 0 Å². The molecule has 0 unspecified atom stereocenters. The summed E-state index contributed by atoms with van der Waals surface area (Å²) in [5, 5.41) is 0. The number of hydrazine groups is 1. The van der Waals surface area contributed by atoms with Crippen LogP contribution in [-0.2, 0) is 9.53 Å². The molecule has 0 saturated heterocycles. The molecule has 1 rings (SSSR count). The van der Waals surface area contributed by atoms with E-state index in [1.165, 1.54) is 6.42 Å². The summed E-state index contributed by atoms with van der Waals surface area (Å²) in [6.07, 6.45) is 3.29. The van der Waals surface area contributed by atoms with Gasteiger partial charge in [0.2, 0.25) is 0 Å². The van der Waals surface area contributed by atoms with Crippen LogP contribution in [-0.4, -0.2) is 18.1 Å². The number of hydrogen-bond donors (Lipinski definition) is 2. The van der Waals surface area contributed by atoms with Crippen LogP contribution in [0.4, 0.5) is 0 Å². The van der Waals surface area contributed by atoms with Crippen molar-refractivity contribution in [3.05, 3.63) is 0 Å². The first-order valence-electron chi connectivity index (χ1n) is 3.80. The molecule has 11 heavy (non-hydrogen) atoms. The van der Waals surface area contributed by atoms with Crippen molar-refractivity contribution >= 4 is 5.91 Å². The van der Waals surface area contributed by atoms with Gasteiger partial charge < -0.3 is 4.74 Å². The third-order valence-corrected chi connectivity index (χ3v) is 2.12. The Morgan fingerprint density at radius 2 is 2.36 bits per heavy atom. The lowest BCUT2D eigenvalue weighted by Crippen LogP contribution is -2.41. The van der Waals surface area contributed by atoms with Crippen molar-refractivity contribution in [2.24, 2.45) is 5.84 Å². The SMILES string of the molecule is CC1(OCC(=O)NN)CCC1. The predicted octanol–water partition coefficient (Wildman–Crippen LogP) is -0.0645. The smallest absolute Gasteiger partial charge is 0.259 e. The Morgan fingerprint density at radius 1 is 1.73 bits per heavy atom. The third-order valence-electron chi connectivity index (χ3n) is 2.12. The van der Waals surface area contributed by atoms with E-state index in [1.807, 2.05) is 12.3 Å². The summed E-state index contributed by atoms with van der Waals surface area (Å²) in [6, 6.07) is 0. The van der Waals surface area contributed by atoms with Crippen molar-refractivity contribution in [2.45, 2.75) is 31.8 Å². The first kappa shape index (κ1) is 8.49. The molecule has 0 aromatic heterocycles. The van der Waals surface area contributed by atoms with E-state index in [4.69, 9.17) is 10.6 Å². The summed E-state index contributed by atoms with van der Waals surface area (Å²) < 4.78 is 5.33. The van der Waals surface area contributed by atoms with Gasteiger partial charge in [0, 0.05) is 0 Å². The summed E-state index contributed by atoms with van der Waals surface area (Å²) in [7, 11) is 0. The molecule has 0 atom stereocenters. The standard InChI is InChI=1S/C7H14N2O2/c1-7(3-2-4-7)11-5-6(10)9-8/h2-5,8H2,1H3,(H,9,10). The number of ether oxygens (including phenoxy) is 1. The van der Waals surface area contributed by atoms with Crippen LogP contribution < -0.4 is 11.3 Å². The molecule has 1 aliphatic rings. The van der Waals surface area contributed by atoms with Gasteiger partial charge in [-0.2, -0.15) is 0 Å². The molecular weight excluding hydrogens is 144 g/mol. The molecule has 0 radical (unpaired) electrons. The van der Waals surface area contributed by atoms with Gasteiger partial charge in [0.1, 0.15) is 6.61 Å². The number of carbonyl (C=O) groups is 1. The van der Waals surface area contributed by atoms with Gasteiger partial charge in [-0.05, 0) is 26.2 Å². The van der Waals surface area contributed by atoms with Crippen LogP contribution in [0.5, 0.6) is 0 Å². The quantitative estimate of drug-likeness (QED) is 0.343. The molecule has 1 fully saturated rings. The topological polar surface area (TPSA) is 64.3 Å². The van der Waals surface area contributed by atoms with E-state index in [2.05, 4.69) is 0 Å². The van der Waals surface area contributed by atoms with Gasteiger partial charge >= 0.3 is 0 Å². The lowest BCUT2D eigenvalue weighted by atomic mass is 9.82. The number of hydrogen-bond acceptors (Lipinski definition) is 3. The van der Waals surface area contributed by atoms with E-state index in [0.717, 1.165) is 12.8 Å². The summed E-state index contributed by atoms with van der Waals surface area (Å²) in [5.74, 6) is 4.62. The van der Waals surface area contributed by atoms with Gasteiger partial charge in [0.25, 0.3) is 5.91 Å². The van der Waals surface area contributed by atoms with E-state index in [-0.39, 0.29) is 18.1 Å². The first-order chi connectivity index (χ1) is 5.16. The molecule has 1 amide bonds. The van der Waals surface area contributed by atoms with Crippen molar-refractivity contribution in [3.63, 3.8) is 0 Å². The van der Waals surface area contributed by atoms with Crippen LogP contribution in [0.2, 0.25) is 0 Å². The van der Waals surface area contributed by atoms with Crippen molar-refractivity contribution in [3.8, 4) is 0 Å². The minimum atomic E-state index is -0.266. The zero-order valence-electron chi connectivity index (χ0n) is 6.72. The van der Waals surface area contributed by atoms with Crippen LogP contribution in [0, 0.1) is 0 Å². The van der Waals surface area contributed by atoms with Crippen molar-refractivity contribution in [1.82, 2.24) is 5.43 Å². The Balaban J connectivity index is 2.16. The number of nitrogens with one attached hydrogen (secondary N) is 1. The minimum absolute atomic E-state index is 0.0630. The molecule has 0 aliphatic heterocycles. The number of carbonyl (C=O) groups excluding carboxylic acids is 1. The average molecular weight is 158 g/mol. The zero-order chi connectivity index (χ0) is 8.32. The minimum Gasteiger partial charge on any atom is -0.365 e. The highest BCUT2D eigenvalue weighted by Crippen LogP contribution is 2.34. The number of nitrogens with two attached hydrogens (primary N) is 1. The van der Waals surface area contributed by atoms with Crippen molar-refractivity contribution < 1.29 is 9.53 Å². The summed E-state index contributed by atoms with van der Waals surface area (Å²) in [5.41, 5.74) is 1.96. The third kappa shape index (κ3) is 2.17. The van der Waals surface area contributed by atoms with Gasteiger partial charge in [0.05, 0.1) is 5.60 Å². The Kier molecular flexibility index (Phi) is 2.46. The van der Waals surface area contributed by atoms with E-state index in [1.54, 1.807) is 0 Å². The van der Waals surface area contributed by atoms with E-state index in [0.29, 0.717) is 0 Å². The van der Waals surface area contributed by atoms with E-state index in [9.17, 15) is 4.79 Å². The molecule has 0 aromatic rings. The van der Waals surface area contributed by atoms with Crippen LogP contribution in [0.1, 0.15) is 26.2 Å². The monoisotopic (exact) mass is 158 g/mol. The second-order valence-electron chi connectivity index (χ2n) is 3.16. The fourth-order valence-electron chi connectivity index (χ4n) is 1.10. The number of amides is 1. The van der Waals surface area contributed by atoms with Crippen LogP contribution in [0.15, 0.2) is 0 Å². The maximum absolute atomic E-state index is 10.6. The maximum atomic E-state index is 10.6. The van der Waals surface area contributed by atoms with Crippen molar-refractivity contribution in [2.75, 3.05) is 6.61 Å². The molecule has 4 heteroatoms. The molecular formula is C7H14N2O2. The maximum Gasteiger partial charge on any atom is 0.259 e. The van der Waals surface area contributed by atoms with E-state index < -0.39 is 0 Å².